The first kappa shape index (κ1) is 13.1. The molecule has 2 aliphatic heterocycles. The van der Waals surface area contributed by atoms with Crippen molar-refractivity contribution in [3.63, 3.8) is 0 Å². The third-order valence-corrected chi connectivity index (χ3v) is 4.51. The molecule has 20 heavy (non-hydrogen) atoms. The molecule has 2 unspecified atom stereocenters. The van der Waals surface area contributed by atoms with Crippen LogP contribution in [-0.4, -0.2) is 51.4 Å². The first-order valence-electron chi connectivity index (χ1n) is 6.11. The molecule has 0 bridgehead atoms. The predicted octanol–water partition coefficient (Wildman–Crippen LogP) is -1.65. The Balaban J connectivity index is 2.00. The van der Waals surface area contributed by atoms with Crippen LogP contribution in [0, 0.1) is 0 Å². The van der Waals surface area contributed by atoms with Crippen LogP contribution in [0.2, 0.25) is 0 Å². The Morgan fingerprint density at radius 3 is 2.55 bits per heavy atom. The van der Waals surface area contributed by atoms with Crippen molar-refractivity contribution in [2.45, 2.75) is 18.9 Å². The minimum absolute atomic E-state index is 0.132. The van der Waals surface area contributed by atoms with E-state index in [-0.39, 0.29) is 18.7 Å². The van der Waals surface area contributed by atoms with Gasteiger partial charge in [-0.2, -0.15) is 0 Å². The average Bonchev–Trinajstić information content (AvgIpc) is 2.64. The molecule has 0 saturated carbocycles. The maximum absolute atomic E-state index is 12.4. The molecule has 0 spiro atoms. The van der Waals surface area contributed by atoms with Gasteiger partial charge in [-0.15, -0.1) is 0 Å². The molecule has 102 valence electrons. The zero-order valence-corrected chi connectivity index (χ0v) is 12.8. The number of nitrogens with one attached hydrogen (secondary N) is 1. The van der Waals surface area contributed by atoms with Crippen LogP contribution in [0.5, 0.6) is 0 Å². The average molecular weight is 334 g/mol. The van der Waals surface area contributed by atoms with Crippen LogP contribution in [0.4, 0.5) is 0 Å². The molecule has 7 heteroatoms. The van der Waals surface area contributed by atoms with Gasteiger partial charge in [0.15, 0.2) is 0 Å². The molecule has 0 radical (unpaired) electrons. The summed E-state index contributed by atoms with van der Waals surface area (Å²) < 4.78 is 0.767. The van der Waals surface area contributed by atoms with Gasteiger partial charge in [-0.1, -0.05) is 0 Å². The summed E-state index contributed by atoms with van der Waals surface area (Å²) in [5.74, 6) is -1.86. The molecule has 4 amide bonds. The Morgan fingerprint density at radius 2 is 1.90 bits per heavy atom. The summed E-state index contributed by atoms with van der Waals surface area (Å²) in [4.78, 5) is 48.7. The second kappa shape index (κ2) is 4.56. The molecule has 2 atom stereocenters. The molecule has 1 N–H and O–H groups in total. The third-order valence-electron chi connectivity index (χ3n) is 3.50. The minimum atomic E-state index is -0.896. The van der Waals surface area contributed by atoms with Crippen LogP contribution >= 0.6 is 0 Å². The molecule has 3 rings (SSSR count). The first-order valence-corrected chi connectivity index (χ1v) is 7.32. The Labute approximate surface area is 123 Å². The van der Waals surface area contributed by atoms with Crippen molar-refractivity contribution >= 4 is 44.8 Å². The van der Waals surface area contributed by atoms with E-state index in [9.17, 15) is 19.2 Å². The van der Waals surface area contributed by atoms with Crippen molar-refractivity contribution in [2.75, 3.05) is 0 Å². The van der Waals surface area contributed by atoms with Crippen molar-refractivity contribution in [3.05, 3.63) is 29.3 Å². The molecule has 1 aromatic carbocycles. The van der Waals surface area contributed by atoms with Gasteiger partial charge >= 0.3 is 122 Å². The molecular weight excluding hydrogens is 323 g/mol. The van der Waals surface area contributed by atoms with Crippen LogP contribution in [0.25, 0.3) is 0 Å². The Morgan fingerprint density at radius 1 is 1.15 bits per heavy atom. The number of piperidine rings is 1. The Hall–Kier alpha value is -1.94. The van der Waals surface area contributed by atoms with Crippen molar-refractivity contribution < 1.29 is 19.2 Å². The number of nitrogens with zero attached hydrogens (tertiary/aromatic N) is 1. The zero-order valence-electron chi connectivity index (χ0n) is 10.4. The van der Waals surface area contributed by atoms with Gasteiger partial charge in [0.1, 0.15) is 0 Å². The second-order valence-corrected chi connectivity index (χ2v) is 6.02. The molecule has 1 saturated heterocycles. The molecule has 0 aliphatic carbocycles. The number of benzene rings is 1. The van der Waals surface area contributed by atoms with E-state index in [1.165, 1.54) is 16.9 Å². The second-order valence-electron chi connectivity index (χ2n) is 4.72. The van der Waals surface area contributed by atoms with Gasteiger partial charge in [-0.3, -0.25) is 0 Å². The van der Waals surface area contributed by atoms with E-state index in [0.717, 1.165) is 9.25 Å². The first-order chi connectivity index (χ1) is 9.50. The fraction of sp³-hybridized carbons (Fsp3) is 0.231. The van der Waals surface area contributed by atoms with Crippen molar-refractivity contribution in [3.8, 4) is 0 Å². The quantitative estimate of drug-likeness (QED) is 0.493. The number of hydrogen-bond acceptors (Lipinski definition) is 4. The number of carbonyl (C=O) groups excluding carboxylic acids is 4. The summed E-state index contributed by atoms with van der Waals surface area (Å²) in [6.45, 7) is 0. The van der Waals surface area contributed by atoms with Gasteiger partial charge in [-0.25, -0.2) is 0 Å². The van der Waals surface area contributed by atoms with E-state index >= 15 is 0 Å². The number of carbonyl (C=O) groups is 4. The van der Waals surface area contributed by atoms with Gasteiger partial charge in [-0.05, 0) is 0 Å². The van der Waals surface area contributed by atoms with Crippen LogP contribution < -0.4 is 9.67 Å². The van der Waals surface area contributed by atoms with Crippen LogP contribution in [0.15, 0.2) is 18.2 Å². The number of amides is 4. The predicted molar refractivity (Wildman–Crippen MR) is 71.3 cm³/mol. The van der Waals surface area contributed by atoms with E-state index in [1.54, 1.807) is 18.2 Å². The number of rotatable bonds is 1. The van der Waals surface area contributed by atoms with Gasteiger partial charge in [0.2, 0.25) is 0 Å². The van der Waals surface area contributed by atoms with Crippen LogP contribution in [0.3, 0.4) is 0 Å². The summed E-state index contributed by atoms with van der Waals surface area (Å²) in [5.41, 5.74) is 0.712. The Kier molecular flexibility index (Phi) is 2.98. The third kappa shape index (κ3) is 1.79. The molecule has 2 heterocycles. The van der Waals surface area contributed by atoms with E-state index in [4.69, 9.17) is 0 Å². The van der Waals surface area contributed by atoms with E-state index in [2.05, 4.69) is 5.32 Å². The Bertz CT molecular complexity index is 670. The summed E-state index contributed by atoms with van der Waals surface area (Å²) >= 11 is 1.25. The van der Waals surface area contributed by atoms with Gasteiger partial charge < -0.3 is 0 Å². The van der Waals surface area contributed by atoms with E-state index < -0.39 is 23.8 Å². The fourth-order valence-electron chi connectivity index (χ4n) is 2.54. The molecule has 6 nitrogen and oxygen atoms in total. The molecule has 0 aromatic heterocycles. The van der Waals surface area contributed by atoms with Crippen LogP contribution in [-0.2, 0) is 9.59 Å². The molecular formula is C13H11AsN2O4. The topological polar surface area (TPSA) is 83.6 Å². The van der Waals surface area contributed by atoms with Crippen LogP contribution in [0.1, 0.15) is 33.6 Å². The number of imide groups is 2. The van der Waals surface area contributed by atoms with Gasteiger partial charge in [0.25, 0.3) is 0 Å². The summed E-state index contributed by atoms with van der Waals surface area (Å²) in [5, 5.41) is 2.17. The standard InChI is InChI=1S/C13H11AsN2O4/c14-7-3-1-2-6-10(7)13(20)16(12(6)19)8-4-5-9(17)15-11(8)18/h1-3,8H,4-5,14H2,(H,15,17,18). The summed E-state index contributed by atoms with van der Waals surface area (Å²) in [6.07, 6.45) is 0.313. The van der Waals surface area contributed by atoms with Crippen molar-refractivity contribution in [1.82, 2.24) is 10.2 Å². The van der Waals surface area contributed by atoms with Crippen molar-refractivity contribution in [2.24, 2.45) is 0 Å². The number of hydrogen-bond donors (Lipinski definition) is 1. The number of fused-ring (bicyclic) bond motifs is 1. The summed E-state index contributed by atoms with van der Waals surface area (Å²) in [7, 11) is 0. The van der Waals surface area contributed by atoms with Crippen molar-refractivity contribution in [1.29, 1.82) is 0 Å². The van der Waals surface area contributed by atoms with E-state index in [1.807, 2.05) is 0 Å². The zero-order chi connectivity index (χ0) is 14.4. The molecule has 1 fully saturated rings. The fourth-order valence-corrected chi connectivity index (χ4v) is 3.36. The van der Waals surface area contributed by atoms with E-state index in [0.29, 0.717) is 11.1 Å². The molecule has 1 aromatic rings. The van der Waals surface area contributed by atoms with Gasteiger partial charge in [0.05, 0.1) is 0 Å². The maximum atomic E-state index is 12.4. The molecule has 2 aliphatic rings. The summed E-state index contributed by atoms with van der Waals surface area (Å²) in [6, 6.07) is 4.18. The van der Waals surface area contributed by atoms with Gasteiger partial charge in [0, 0.05) is 0 Å². The normalized spacial score (nSPS) is 22.1. The SMILES string of the molecule is O=C1CCC(N2C(=O)c3cccc([AsH2])c3C2=O)C(=O)N1. The monoisotopic (exact) mass is 334 g/mol.